The zero-order valence-corrected chi connectivity index (χ0v) is 21.5. The zero-order valence-electron chi connectivity index (χ0n) is 21.5. The van der Waals surface area contributed by atoms with E-state index in [1.807, 2.05) is 48.5 Å². The number of amides is 2. The first kappa shape index (κ1) is 25.9. The quantitative estimate of drug-likeness (QED) is 0.277. The number of rotatable bonds is 9. The maximum Gasteiger partial charge on any atom is 0.243 e. The van der Waals surface area contributed by atoms with Crippen LogP contribution in [0.2, 0.25) is 0 Å². The molecule has 4 aromatic carbocycles. The van der Waals surface area contributed by atoms with E-state index in [1.54, 1.807) is 0 Å². The monoisotopic (exact) mass is 509 g/mol. The number of carbonyl (C=O) groups excluding carboxylic acids is 2. The van der Waals surface area contributed by atoms with E-state index in [4.69, 9.17) is 0 Å². The molecular formula is C32H35N3O3. The van der Waals surface area contributed by atoms with Crippen molar-refractivity contribution in [3.8, 4) is 0 Å². The molecule has 4 N–H and O–H groups in total. The fourth-order valence-corrected chi connectivity index (χ4v) is 5.30. The van der Waals surface area contributed by atoms with E-state index in [0.717, 1.165) is 58.6 Å². The van der Waals surface area contributed by atoms with Crippen LogP contribution in [0.25, 0.3) is 21.5 Å². The molecule has 1 aliphatic rings. The lowest BCUT2D eigenvalue weighted by Gasteiger charge is -2.26. The molecule has 1 aliphatic heterocycles. The van der Waals surface area contributed by atoms with Crippen LogP contribution >= 0.6 is 0 Å². The van der Waals surface area contributed by atoms with E-state index < -0.39 is 12.1 Å². The second-order valence-electron chi connectivity index (χ2n) is 10.2. The SMILES string of the molecule is O=C(N[C@H](Cc1ccc2ccccc2c1)C(=O)N[C@@H](CO)Cc1ccc2ccccc2c1)C1CCNCC1. The van der Waals surface area contributed by atoms with Gasteiger partial charge in [0.05, 0.1) is 12.6 Å². The Kier molecular flexibility index (Phi) is 8.31. The molecule has 1 heterocycles. The zero-order chi connectivity index (χ0) is 26.3. The minimum atomic E-state index is -0.732. The van der Waals surface area contributed by atoms with Crippen LogP contribution in [0.5, 0.6) is 0 Å². The summed E-state index contributed by atoms with van der Waals surface area (Å²) < 4.78 is 0. The third-order valence-corrected chi connectivity index (χ3v) is 7.46. The fourth-order valence-electron chi connectivity index (χ4n) is 5.30. The van der Waals surface area contributed by atoms with Gasteiger partial charge in [0.1, 0.15) is 6.04 Å². The summed E-state index contributed by atoms with van der Waals surface area (Å²) in [6, 6.07) is 27.3. The van der Waals surface area contributed by atoms with Gasteiger partial charge in [0.25, 0.3) is 0 Å². The number of hydrogen-bond acceptors (Lipinski definition) is 4. The lowest BCUT2D eigenvalue weighted by atomic mass is 9.95. The molecule has 0 radical (unpaired) electrons. The summed E-state index contributed by atoms with van der Waals surface area (Å²) in [7, 11) is 0. The predicted molar refractivity (Wildman–Crippen MR) is 152 cm³/mol. The summed E-state index contributed by atoms with van der Waals surface area (Å²) in [5.74, 6) is -0.461. The number of piperidine rings is 1. The fraction of sp³-hybridized carbons (Fsp3) is 0.312. The average Bonchev–Trinajstić information content (AvgIpc) is 2.96. The van der Waals surface area contributed by atoms with Gasteiger partial charge in [-0.1, -0.05) is 84.9 Å². The number of hydrogen-bond donors (Lipinski definition) is 4. The van der Waals surface area contributed by atoms with Gasteiger partial charge in [0, 0.05) is 12.3 Å². The molecule has 0 saturated carbocycles. The molecule has 0 aliphatic carbocycles. The van der Waals surface area contributed by atoms with Gasteiger partial charge in [0.15, 0.2) is 0 Å². The van der Waals surface area contributed by atoms with Gasteiger partial charge in [-0.05, 0) is 65.0 Å². The highest BCUT2D eigenvalue weighted by Gasteiger charge is 2.28. The molecule has 38 heavy (non-hydrogen) atoms. The summed E-state index contributed by atoms with van der Waals surface area (Å²) >= 11 is 0. The largest absolute Gasteiger partial charge is 0.394 e. The van der Waals surface area contributed by atoms with Crippen molar-refractivity contribution in [2.45, 2.75) is 37.8 Å². The van der Waals surface area contributed by atoms with Gasteiger partial charge in [-0.2, -0.15) is 0 Å². The molecule has 4 aromatic rings. The van der Waals surface area contributed by atoms with Gasteiger partial charge in [0.2, 0.25) is 11.8 Å². The topological polar surface area (TPSA) is 90.5 Å². The minimum absolute atomic E-state index is 0.0810. The Balaban J connectivity index is 1.32. The Morgan fingerprint density at radius 2 is 1.32 bits per heavy atom. The van der Waals surface area contributed by atoms with Crippen molar-refractivity contribution in [1.82, 2.24) is 16.0 Å². The molecule has 2 amide bonds. The Labute approximate surface area is 223 Å². The molecule has 0 unspecified atom stereocenters. The van der Waals surface area contributed by atoms with Gasteiger partial charge in [-0.25, -0.2) is 0 Å². The Morgan fingerprint density at radius 1 is 0.763 bits per heavy atom. The lowest BCUT2D eigenvalue weighted by molar-refractivity contribution is -0.132. The lowest BCUT2D eigenvalue weighted by Crippen LogP contribution is -2.53. The van der Waals surface area contributed by atoms with Crippen LogP contribution in [0.15, 0.2) is 84.9 Å². The Morgan fingerprint density at radius 3 is 1.89 bits per heavy atom. The van der Waals surface area contributed by atoms with Crippen LogP contribution in [-0.2, 0) is 22.4 Å². The first-order chi connectivity index (χ1) is 18.6. The van der Waals surface area contributed by atoms with Crippen LogP contribution in [0.4, 0.5) is 0 Å². The number of carbonyl (C=O) groups is 2. The highest BCUT2D eigenvalue weighted by atomic mass is 16.3. The maximum absolute atomic E-state index is 13.6. The van der Waals surface area contributed by atoms with E-state index in [-0.39, 0.29) is 24.3 Å². The molecule has 0 aromatic heterocycles. The highest BCUT2D eigenvalue weighted by molar-refractivity contribution is 5.89. The molecule has 0 bridgehead atoms. The van der Waals surface area contributed by atoms with Gasteiger partial charge in [-0.15, -0.1) is 0 Å². The maximum atomic E-state index is 13.6. The third kappa shape index (κ3) is 6.39. The number of aliphatic hydroxyl groups is 1. The van der Waals surface area contributed by atoms with Gasteiger partial charge in [-0.3, -0.25) is 9.59 Å². The predicted octanol–water partition coefficient (Wildman–Crippen LogP) is 3.74. The molecule has 6 nitrogen and oxygen atoms in total. The van der Waals surface area contributed by atoms with Crippen molar-refractivity contribution in [3.63, 3.8) is 0 Å². The van der Waals surface area contributed by atoms with Crippen molar-refractivity contribution in [2.75, 3.05) is 19.7 Å². The molecule has 1 saturated heterocycles. The summed E-state index contributed by atoms with van der Waals surface area (Å²) in [5, 5.41) is 24.0. The third-order valence-electron chi connectivity index (χ3n) is 7.46. The summed E-state index contributed by atoms with van der Waals surface area (Å²) in [5.41, 5.74) is 2.01. The van der Waals surface area contributed by atoms with E-state index in [0.29, 0.717) is 12.8 Å². The molecule has 2 atom stereocenters. The van der Waals surface area contributed by atoms with Crippen LogP contribution in [0.1, 0.15) is 24.0 Å². The molecule has 196 valence electrons. The average molecular weight is 510 g/mol. The number of benzene rings is 4. The first-order valence-corrected chi connectivity index (χ1v) is 13.5. The van der Waals surface area contributed by atoms with E-state index in [2.05, 4.69) is 52.3 Å². The Hall–Kier alpha value is -3.74. The van der Waals surface area contributed by atoms with E-state index in [9.17, 15) is 14.7 Å². The second kappa shape index (κ2) is 12.2. The number of aliphatic hydroxyl groups excluding tert-OH is 1. The highest BCUT2D eigenvalue weighted by Crippen LogP contribution is 2.19. The summed E-state index contributed by atoms with van der Waals surface area (Å²) in [4.78, 5) is 26.7. The van der Waals surface area contributed by atoms with Gasteiger partial charge < -0.3 is 21.1 Å². The van der Waals surface area contributed by atoms with Crippen molar-refractivity contribution >= 4 is 33.4 Å². The Bertz CT molecular complexity index is 1410. The molecule has 6 heteroatoms. The van der Waals surface area contributed by atoms with Crippen molar-refractivity contribution in [2.24, 2.45) is 5.92 Å². The van der Waals surface area contributed by atoms with Crippen molar-refractivity contribution in [3.05, 3.63) is 96.1 Å². The van der Waals surface area contributed by atoms with Crippen LogP contribution in [0.3, 0.4) is 0 Å². The number of nitrogens with one attached hydrogen (secondary N) is 3. The summed E-state index contributed by atoms with van der Waals surface area (Å²) in [6.07, 6.45) is 2.40. The van der Waals surface area contributed by atoms with Gasteiger partial charge >= 0.3 is 0 Å². The normalized spacial score (nSPS) is 15.7. The standard InChI is InChI=1S/C32H35N3O3/c36-21-29(19-22-9-11-24-5-1-3-7-27(24)17-22)34-32(38)30(35-31(37)26-13-15-33-16-14-26)20-23-10-12-25-6-2-4-8-28(25)18-23/h1-12,17-18,26,29-30,33,36H,13-16,19-21H2,(H,34,38)(H,35,37)/t29-,30-/m1/s1. The molecular weight excluding hydrogens is 474 g/mol. The molecule has 1 fully saturated rings. The second-order valence-corrected chi connectivity index (χ2v) is 10.2. The summed E-state index contributed by atoms with van der Waals surface area (Å²) in [6.45, 7) is 1.42. The molecule has 5 rings (SSSR count). The van der Waals surface area contributed by atoms with E-state index in [1.165, 1.54) is 0 Å². The van der Waals surface area contributed by atoms with Crippen molar-refractivity contribution in [1.29, 1.82) is 0 Å². The van der Waals surface area contributed by atoms with E-state index >= 15 is 0 Å². The first-order valence-electron chi connectivity index (χ1n) is 13.5. The minimum Gasteiger partial charge on any atom is -0.394 e. The van der Waals surface area contributed by atoms with Crippen molar-refractivity contribution < 1.29 is 14.7 Å². The van der Waals surface area contributed by atoms with Crippen LogP contribution < -0.4 is 16.0 Å². The van der Waals surface area contributed by atoms with Crippen LogP contribution in [0, 0.1) is 5.92 Å². The number of fused-ring (bicyclic) bond motifs is 2. The smallest absolute Gasteiger partial charge is 0.243 e. The van der Waals surface area contributed by atoms with Crippen LogP contribution in [-0.4, -0.2) is 48.7 Å². The molecule has 0 spiro atoms.